The topological polar surface area (TPSA) is 12.0 Å². The van der Waals surface area contributed by atoms with E-state index in [1.807, 2.05) is 18.2 Å². The van der Waals surface area contributed by atoms with E-state index in [2.05, 4.69) is 28.2 Å². The van der Waals surface area contributed by atoms with Crippen LogP contribution in [-0.4, -0.2) is 6.54 Å². The molecule has 0 aliphatic heterocycles. The van der Waals surface area contributed by atoms with Crippen molar-refractivity contribution in [1.82, 2.24) is 5.32 Å². The van der Waals surface area contributed by atoms with Crippen LogP contribution in [0.3, 0.4) is 0 Å². The Morgan fingerprint density at radius 2 is 1.95 bits per heavy atom. The molecule has 0 fully saturated rings. The van der Waals surface area contributed by atoms with Crippen molar-refractivity contribution < 1.29 is 4.39 Å². The lowest BCUT2D eigenvalue weighted by atomic mass is 9.98. The largest absolute Gasteiger partial charge is 0.306 e. The van der Waals surface area contributed by atoms with Crippen molar-refractivity contribution in [3.63, 3.8) is 0 Å². The molecule has 0 radical (unpaired) electrons. The zero-order valence-corrected chi connectivity index (χ0v) is 14.6. The average molecular weight is 391 g/mol. The van der Waals surface area contributed by atoms with Gasteiger partial charge in [0.2, 0.25) is 0 Å². The van der Waals surface area contributed by atoms with Crippen molar-refractivity contribution in [3.05, 3.63) is 67.9 Å². The van der Waals surface area contributed by atoms with Gasteiger partial charge in [0, 0.05) is 0 Å². The minimum atomic E-state index is -0.282. The number of hydrogen-bond acceptors (Lipinski definition) is 1. The Balaban J connectivity index is 2.47. The van der Waals surface area contributed by atoms with E-state index in [1.165, 1.54) is 6.07 Å². The summed E-state index contributed by atoms with van der Waals surface area (Å²) in [6, 6.07) is 10.3. The number of hydrogen-bond donors (Lipinski definition) is 1. The van der Waals surface area contributed by atoms with Crippen LogP contribution in [0.4, 0.5) is 4.39 Å². The molecule has 5 heteroatoms. The fraction of sp³-hybridized carbons (Fsp3) is 0.250. The first-order valence-corrected chi connectivity index (χ1v) is 8.21. The zero-order valence-electron chi connectivity index (χ0n) is 11.5. The predicted molar refractivity (Wildman–Crippen MR) is 90.7 cm³/mol. The standard InChI is InChI=1S/C16H15BrCl2FN/c1-2-8-21-16(10-6-7-12(18)13(19)9-10)11-4-3-5-14(20)15(11)17/h3-7,9,16,21H,2,8H2,1H3. The van der Waals surface area contributed by atoms with E-state index in [1.54, 1.807) is 12.1 Å². The Hall–Kier alpha value is -0.610. The first kappa shape index (κ1) is 16.8. The average Bonchev–Trinajstić information content (AvgIpc) is 2.47. The Labute approximate surface area is 142 Å². The predicted octanol–water partition coefficient (Wildman–Crippen LogP) is 5.98. The van der Waals surface area contributed by atoms with Gasteiger partial charge in [-0.3, -0.25) is 0 Å². The number of halogens is 4. The molecule has 2 aromatic carbocycles. The van der Waals surface area contributed by atoms with Crippen LogP contribution in [0, 0.1) is 5.82 Å². The fourth-order valence-corrected chi connectivity index (χ4v) is 2.93. The van der Waals surface area contributed by atoms with Crippen molar-refractivity contribution in [2.45, 2.75) is 19.4 Å². The van der Waals surface area contributed by atoms with Crippen molar-refractivity contribution in [3.8, 4) is 0 Å². The highest BCUT2D eigenvalue weighted by Gasteiger charge is 2.18. The maximum Gasteiger partial charge on any atom is 0.137 e. The van der Waals surface area contributed by atoms with Crippen LogP contribution in [0.15, 0.2) is 40.9 Å². The highest BCUT2D eigenvalue weighted by atomic mass is 79.9. The first-order valence-electron chi connectivity index (χ1n) is 6.66. The lowest BCUT2D eigenvalue weighted by Gasteiger charge is -2.21. The first-order chi connectivity index (χ1) is 10.0. The molecule has 0 aromatic heterocycles. The minimum Gasteiger partial charge on any atom is -0.306 e. The SMILES string of the molecule is CCCNC(c1ccc(Cl)c(Cl)c1)c1cccc(F)c1Br. The van der Waals surface area contributed by atoms with Gasteiger partial charge in [-0.1, -0.05) is 48.3 Å². The molecule has 0 bridgehead atoms. The van der Waals surface area contributed by atoms with Gasteiger partial charge < -0.3 is 5.32 Å². The summed E-state index contributed by atoms with van der Waals surface area (Å²) in [7, 11) is 0. The van der Waals surface area contributed by atoms with Crippen LogP contribution in [-0.2, 0) is 0 Å². The number of benzene rings is 2. The maximum atomic E-state index is 13.8. The molecule has 1 atom stereocenters. The van der Waals surface area contributed by atoms with Crippen LogP contribution in [0.1, 0.15) is 30.5 Å². The Kier molecular flexibility index (Phi) is 6.06. The molecular formula is C16H15BrCl2FN. The van der Waals surface area contributed by atoms with E-state index in [4.69, 9.17) is 23.2 Å². The van der Waals surface area contributed by atoms with Crippen molar-refractivity contribution >= 4 is 39.1 Å². The third-order valence-corrected chi connectivity index (χ3v) is 4.74. The molecule has 2 aromatic rings. The number of rotatable bonds is 5. The molecular weight excluding hydrogens is 376 g/mol. The van der Waals surface area contributed by atoms with Gasteiger partial charge in [-0.15, -0.1) is 0 Å². The van der Waals surface area contributed by atoms with E-state index >= 15 is 0 Å². The third-order valence-electron chi connectivity index (χ3n) is 3.17. The van der Waals surface area contributed by atoms with Gasteiger partial charge in [-0.25, -0.2) is 4.39 Å². The van der Waals surface area contributed by atoms with E-state index in [9.17, 15) is 4.39 Å². The van der Waals surface area contributed by atoms with Crippen molar-refractivity contribution in [1.29, 1.82) is 0 Å². The van der Waals surface area contributed by atoms with Gasteiger partial charge in [0.25, 0.3) is 0 Å². The smallest absolute Gasteiger partial charge is 0.137 e. The normalized spacial score (nSPS) is 12.4. The second-order valence-corrected chi connectivity index (χ2v) is 6.31. The summed E-state index contributed by atoms with van der Waals surface area (Å²) >= 11 is 15.4. The second kappa shape index (κ2) is 7.59. The summed E-state index contributed by atoms with van der Waals surface area (Å²) < 4.78 is 14.3. The summed E-state index contributed by atoms with van der Waals surface area (Å²) in [4.78, 5) is 0. The number of nitrogens with one attached hydrogen (secondary N) is 1. The highest BCUT2D eigenvalue weighted by molar-refractivity contribution is 9.10. The summed E-state index contributed by atoms with van der Waals surface area (Å²) in [6.07, 6.45) is 0.977. The highest BCUT2D eigenvalue weighted by Crippen LogP contribution is 2.33. The van der Waals surface area contributed by atoms with Crippen LogP contribution in [0.25, 0.3) is 0 Å². The Morgan fingerprint density at radius 1 is 1.19 bits per heavy atom. The molecule has 1 nitrogen and oxygen atoms in total. The van der Waals surface area contributed by atoms with Crippen LogP contribution in [0.2, 0.25) is 10.0 Å². The summed E-state index contributed by atoms with van der Waals surface area (Å²) in [5.74, 6) is -0.282. The van der Waals surface area contributed by atoms with Gasteiger partial charge in [0.05, 0.1) is 20.6 Å². The van der Waals surface area contributed by atoms with Crippen molar-refractivity contribution in [2.24, 2.45) is 0 Å². The molecule has 2 rings (SSSR count). The van der Waals surface area contributed by atoms with E-state index in [0.29, 0.717) is 14.5 Å². The lowest BCUT2D eigenvalue weighted by Crippen LogP contribution is -2.23. The molecule has 1 N–H and O–H groups in total. The van der Waals surface area contributed by atoms with Crippen LogP contribution < -0.4 is 5.32 Å². The molecule has 0 heterocycles. The molecule has 0 amide bonds. The van der Waals surface area contributed by atoms with Gasteiger partial charge >= 0.3 is 0 Å². The molecule has 0 saturated heterocycles. The fourth-order valence-electron chi connectivity index (χ4n) is 2.13. The quantitative estimate of drug-likeness (QED) is 0.661. The van der Waals surface area contributed by atoms with Gasteiger partial charge in [0.1, 0.15) is 5.82 Å². The molecule has 0 aliphatic rings. The summed E-state index contributed by atoms with van der Waals surface area (Å²) in [5, 5.41) is 4.42. The molecule has 21 heavy (non-hydrogen) atoms. The van der Waals surface area contributed by atoms with Crippen LogP contribution >= 0.6 is 39.1 Å². The van der Waals surface area contributed by atoms with E-state index in [0.717, 1.165) is 24.1 Å². The van der Waals surface area contributed by atoms with E-state index in [-0.39, 0.29) is 11.9 Å². The molecule has 112 valence electrons. The summed E-state index contributed by atoms with van der Waals surface area (Å²) in [6.45, 7) is 2.90. The van der Waals surface area contributed by atoms with Gasteiger partial charge in [0.15, 0.2) is 0 Å². The third kappa shape index (κ3) is 3.98. The zero-order chi connectivity index (χ0) is 15.4. The molecule has 0 spiro atoms. The Bertz CT molecular complexity index is 634. The van der Waals surface area contributed by atoms with E-state index < -0.39 is 0 Å². The van der Waals surface area contributed by atoms with Gasteiger partial charge in [-0.05, 0) is 58.2 Å². The minimum absolute atomic E-state index is 0.148. The molecule has 1 unspecified atom stereocenters. The van der Waals surface area contributed by atoms with Crippen LogP contribution in [0.5, 0.6) is 0 Å². The maximum absolute atomic E-state index is 13.8. The lowest BCUT2D eigenvalue weighted by molar-refractivity contribution is 0.580. The second-order valence-electron chi connectivity index (χ2n) is 4.70. The van der Waals surface area contributed by atoms with Crippen molar-refractivity contribution in [2.75, 3.05) is 6.54 Å². The Morgan fingerprint density at radius 3 is 2.62 bits per heavy atom. The molecule has 0 aliphatic carbocycles. The van der Waals surface area contributed by atoms with Gasteiger partial charge in [-0.2, -0.15) is 0 Å². The monoisotopic (exact) mass is 389 g/mol. The summed E-state index contributed by atoms with van der Waals surface area (Å²) in [5.41, 5.74) is 1.78. The molecule has 0 saturated carbocycles.